The van der Waals surface area contributed by atoms with E-state index in [2.05, 4.69) is 5.32 Å². The Morgan fingerprint density at radius 3 is 2.95 bits per heavy atom. The Morgan fingerprint density at radius 2 is 2.18 bits per heavy atom. The van der Waals surface area contributed by atoms with Gasteiger partial charge in [-0.05, 0) is 36.1 Å². The maximum Gasteiger partial charge on any atom is 0.221 e. The van der Waals surface area contributed by atoms with Crippen LogP contribution in [0.2, 0.25) is 0 Å². The van der Waals surface area contributed by atoms with Crippen LogP contribution in [0.4, 0.5) is 0 Å². The Hall–Kier alpha value is -2.27. The van der Waals surface area contributed by atoms with Gasteiger partial charge in [0.2, 0.25) is 5.91 Å². The van der Waals surface area contributed by atoms with Crippen molar-refractivity contribution in [3.63, 3.8) is 0 Å². The van der Waals surface area contributed by atoms with Gasteiger partial charge in [-0.25, -0.2) is 0 Å². The highest BCUT2D eigenvalue weighted by atomic mass is 16.5. The van der Waals surface area contributed by atoms with E-state index in [0.29, 0.717) is 18.8 Å². The summed E-state index contributed by atoms with van der Waals surface area (Å²) in [5.74, 6) is 1.46. The number of fused-ring (bicyclic) bond motifs is 1. The third-order valence-corrected chi connectivity index (χ3v) is 3.92. The topological polar surface area (TPSA) is 71.7 Å². The van der Waals surface area contributed by atoms with Crippen LogP contribution in [0.3, 0.4) is 0 Å². The molecule has 116 valence electrons. The van der Waals surface area contributed by atoms with Gasteiger partial charge in [-0.2, -0.15) is 0 Å². The number of amides is 1. The Labute approximate surface area is 128 Å². The number of ether oxygens (including phenoxy) is 1. The minimum atomic E-state index is -0.502. The zero-order valence-corrected chi connectivity index (χ0v) is 12.2. The van der Waals surface area contributed by atoms with Crippen LogP contribution in [0.1, 0.15) is 36.1 Å². The average molecular weight is 301 g/mol. The molecule has 22 heavy (non-hydrogen) atoms. The summed E-state index contributed by atoms with van der Waals surface area (Å²) in [5.41, 5.74) is 1.07. The van der Waals surface area contributed by atoms with Crippen molar-refractivity contribution in [2.24, 2.45) is 0 Å². The molecule has 2 heterocycles. The van der Waals surface area contributed by atoms with Crippen LogP contribution >= 0.6 is 0 Å². The van der Waals surface area contributed by atoms with Gasteiger partial charge in [-0.3, -0.25) is 4.79 Å². The maximum absolute atomic E-state index is 12.3. The van der Waals surface area contributed by atoms with Crippen molar-refractivity contribution < 1.29 is 19.1 Å². The Balaban J connectivity index is 1.65. The molecule has 0 saturated carbocycles. The summed E-state index contributed by atoms with van der Waals surface area (Å²) in [5, 5.41) is 12.2. The van der Waals surface area contributed by atoms with E-state index in [1.54, 1.807) is 12.1 Å². The Morgan fingerprint density at radius 1 is 1.32 bits per heavy atom. The van der Waals surface area contributed by atoms with Crippen molar-refractivity contribution in [2.75, 3.05) is 13.2 Å². The zero-order valence-electron chi connectivity index (χ0n) is 12.2. The monoisotopic (exact) mass is 301 g/mol. The lowest BCUT2D eigenvalue weighted by Crippen LogP contribution is -2.32. The lowest BCUT2D eigenvalue weighted by atomic mass is 9.90. The maximum atomic E-state index is 12.3. The average Bonchev–Trinajstić information content (AvgIpc) is 3.07. The molecule has 2 aromatic rings. The molecule has 1 aromatic carbocycles. The first-order valence-corrected chi connectivity index (χ1v) is 7.43. The molecule has 0 spiro atoms. The van der Waals surface area contributed by atoms with Crippen LogP contribution in [0, 0.1) is 0 Å². The highest BCUT2D eigenvalue weighted by molar-refractivity contribution is 5.77. The number of benzene rings is 1. The highest BCUT2D eigenvalue weighted by Gasteiger charge is 2.25. The number of aliphatic hydroxyl groups is 1. The smallest absolute Gasteiger partial charge is 0.221 e. The van der Waals surface area contributed by atoms with E-state index in [4.69, 9.17) is 9.15 Å². The first kappa shape index (κ1) is 14.7. The number of aliphatic hydroxyl groups excluding tert-OH is 1. The molecule has 0 aliphatic carbocycles. The zero-order chi connectivity index (χ0) is 15.4. The normalized spacial score (nSPS) is 18.1. The van der Waals surface area contributed by atoms with Crippen molar-refractivity contribution >= 4 is 5.91 Å². The van der Waals surface area contributed by atoms with Crippen molar-refractivity contribution in [3.05, 3.63) is 54.0 Å². The van der Waals surface area contributed by atoms with Crippen LogP contribution in [0.25, 0.3) is 0 Å². The summed E-state index contributed by atoms with van der Waals surface area (Å²) in [6, 6.07) is 10.8. The van der Waals surface area contributed by atoms with Gasteiger partial charge in [-0.1, -0.05) is 18.2 Å². The quantitative estimate of drug-likeness (QED) is 0.889. The second-order valence-corrected chi connectivity index (χ2v) is 5.39. The lowest BCUT2D eigenvalue weighted by Gasteiger charge is -2.26. The van der Waals surface area contributed by atoms with Gasteiger partial charge >= 0.3 is 0 Å². The molecule has 1 aliphatic heterocycles. The van der Waals surface area contributed by atoms with Gasteiger partial charge in [0.05, 0.1) is 19.5 Å². The molecule has 3 rings (SSSR count). The molecule has 2 atom stereocenters. The fraction of sp³-hybridized carbons (Fsp3) is 0.353. The third-order valence-electron chi connectivity index (χ3n) is 3.92. The molecule has 0 radical (unpaired) electrons. The Kier molecular flexibility index (Phi) is 4.44. The van der Waals surface area contributed by atoms with Gasteiger partial charge in [0.25, 0.3) is 0 Å². The van der Waals surface area contributed by atoms with E-state index in [1.807, 2.05) is 24.3 Å². The molecule has 1 aliphatic rings. The molecule has 5 heteroatoms. The van der Waals surface area contributed by atoms with Gasteiger partial charge in [-0.15, -0.1) is 0 Å². The molecule has 5 nitrogen and oxygen atoms in total. The number of hydrogen-bond donors (Lipinski definition) is 2. The molecule has 0 saturated heterocycles. The molecular weight excluding hydrogens is 282 g/mol. The van der Waals surface area contributed by atoms with E-state index in [-0.39, 0.29) is 18.4 Å². The predicted molar refractivity (Wildman–Crippen MR) is 80.6 cm³/mol. The molecule has 0 bridgehead atoms. The van der Waals surface area contributed by atoms with E-state index < -0.39 is 6.04 Å². The third kappa shape index (κ3) is 3.14. The molecule has 1 amide bonds. The number of nitrogens with one attached hydrogen (secondary N) is 1. The SMILES string of the molecule is O=C(CC1CCOc2ccccc21)NC(CO)c1ccco1. The standard InChI is InChI=1S/C17H19NO4/c19-11-14(16-6-3-8-21-16)18-17(20)10-12-7-9-22-15-5-2-1-4-13(12)15/h1-6,8,12,14,19H,7,9-11H2,(H,18,20). The van der Waals surface area contributed by atoms with E-state index in [0.717, 1.165) is 17.7 Å². The first-order valence-electron chi connectivity index (χ1n) is 7.43. The lowest BCUT2D eigenvalue weighted by molar-refractivity contribution is -0.122. The van der Waals surface area contributed by atoms with Crippen molar-refractivity contribution in [3.8, 4) is 5.75 Å². The summed E-state index contributed by atoms with van der Waals surface area (Å²) in [7, 11) is 0. The fourth-order valence-electron chi connectivity index (χ4n) is 2.80. The number of carbonyl (C=O) groups is 1. The van der Waals surface area contributed by atoms with Crippen LogP contribution in [0.5, 0.6) is 5.75 Å². The summed E-state index contributed by atoms with van der Waals surface area (Å²) < 4.78 is 10.8. The number of carbonyl (C=O) groups excluding carboxylic acids is 1. The van der Waals surface area contributed by atoms with Crippen LogP contribution in [-0.2, 0) is 4.79 Å². The summed E-state index contributed by atoms with van der Waals surface area (Å²) >= 11 is 0. The summed E-state index contributed by atoms with van der Waals surface area (Å²) in [6.45, 7) is 0.431. The summed E-state index contributed by atoms with van der Waals surface area (Å²) in [4.78, 5) is 12.3. The Bertz CT molecular complexity index is 623. The van der Waals surface area contributed by atoms with Gasteiger partial charge in [0.1, 0.15) is 17.6 Å². The van der Waals surface area contributed by atoms with Crippen molar-refractivity contribution in [1.82, 2.24) is 5.32 Å². The molecular formula is C17H19NO4. The molecule has 1 aromatic heterocycles. The highest BCUT2D eigenvalue weighted by Crippen LogP contribution is 2.35. The van der Waals surface area contributed by atoms with E-state index in [1.165, 1.54) is 6.26 Å². The molecule has 2 N–H and O–H groups in total. The van der Waals surface area contributed by atoms with E-state index in [9.17, 15) is 9.90 Å². The van der Waals surface area contributed by atoms with Crippen LogP contribution in [0.15, 0.2) is 47.1 Å². The van der Waals surface area contributed by atoms with Gasteiger partial charge in [0.15, 0.2) is 0 Å². The second kappa shape index (κ2) is 6.66. The minimum absolute atomic E-state index is 0.0999. The first-order chi connectivity index (χ1) is 10.8. The van der Waals surface area contributed by atoms with Gasteiger partial charge < -0.3 is 19.6 Å². The van der Waals surface area contributed by atoms with Crippen molar-refractivity contribution in [2.45, 2.75) is 24.8 Å². The number of hydrogen-bond acceptors (Lipinski definition) is 4. The molecule has 0 fully saturated rings. The number of furan rings is 1. The minimum Gasteiger partial charge on any atom is -0.493 e. The second-order valence-electron chi connectivity index (χ2n) is 5.39. The largest absolute Gasteiger partial charge is 0.493 e. The fourth-order valence-corrected chi connectivity index (χ4v) is 2.80. The van der Waals surface area contributed by atoms with E-state index >= 15 is 0 Å². The number of para-hydroxylation sites is 1. The van der Waals surface area contributed by atoms with Crippen LogP contribution in [-0.4, -0.2) is 24.2 Å². The predicted octanol–water partition coefficient (Wildman–Crippen LogP) is 2.39. The van der Waals surface area contributed by atoms with Gasteiger partial charge in [0, 0.05) is 6.42 Å². The van der Waals surface area contributed by atoms with Crippen LogP contribution < -0.4 is 10.1 Å². The van der Waals surface area contributed by atoms with Crippen molar-refractivity contribution in [1.29, 1.82) is 0 Å². The number of rotatable bonds is 5. The summed E-state index contributed by atoms with van der Waals surface area (Å²) in [6.07, 6.45) is 2.71. The molecule has 2 unspecified atom stereocenters.